The fourth-order valence-electron chi connectivity index (χ4n) is 2.41. The number of hydrogen-bond donors (Lipinski definition) is 2. The molecule has 1 aromatic rings. The Kier molecular flexibility index (Phi) is 12.6. The fourth-order valence-corrected chi connectivity index (χ4v) is 3.39. The number of carbonyl (C=O) groups excluding carboxylic acids is 1. The molecule has 0 radical (unpaired) electrons. The van der Waals surface area contributed by atoms with Gasteiger partial charge in [0.25, 0.3) is 0 Å². The molecule has 23 heavy (non-hydrogen) atoms. The fraction of sp³-hybridized carbons (Fsp3) is 0.562. The zero-order valence-electron chi connectivity index (χ0n) is 13.5. The van der Waals surface area contributed by atoms with Gasteiger partial charge in [-0.1, -0.05) is 12.1 Å². The molecule has 0 aromatic heterocycles. The van der Waals surface area contributed by atoms with Crippen LogP contribution < -0.4 is 10.6 Å². The molecular weight excluding hydrogens is 353 g/mol. The van der Waals surface area contributed by atoms with E-state index in [9.17, 15) is 4.79 Å². The van der Waals surface area contributed by atoms with Gasteiger partial charge in [-0.15, -0.1) is 24.8 Å². The third-order valence-corrected chi connectivity index (χ3v) is 4.49. The summed E-state index contributed by atoms with van der Waals surface area (Å²) in [5.74, 6) is 2.54. The van der Waals surface area contributed by atoms with E-state index in [1.807, 2.05) is 30.9 Å². The predicted molar refractivity (Wildman–Crippen MR) is 105 cm³/mol. The molecule has 1 fully saturated rings. The van der Waals surface area contributed by atoms with Crippen molar-refractivity contribution in [1.82, 2.24) is 10.2 Å². The molecule has 0 bridgehead atoms. The lowest BCUT2D eigenvalue weighted by molar-refractivity contribution is -0.116. The van der Waals surface area contributed by atoms with E-state index in [1.54, 1.807) is 0 Å². The van der Waals surface area contributed by atoms with Crippen LogP contribution in [-0.4, -0.2) is 49.0 Å². The second-order valence-electron chi connectivity index (χ2n) is 5.34. The molecule has 1 heterocycles. The van der Waals surface area contributed by atoms with Crippen molar-refractivity contribution in [3.05, 3.63) is 29.8 Å². The SMILES string of the molecule is CNCCCC(=O)Nc1cccc(CN2CCSCC2)c1.Cl.Cl. The lowest BCUT2D eigenvalue weighted by Crippen LogP contribution is -2.31. The molecule has 7 heteroatoms. The maximum absolute atomic E-state index is 11.8. The normalized spacial score (nSPS) is 14.5. The summed E-state index contributed by atoms with van der Waals surface area (Å²) in [4.78, 5) is 14.3. The second-order valence-corrected chi connectivity index (χ2v) is 6.57. The third kappa shape index (κ3) is 8.82. The van der Waals surface area contributed by atoms with E-state index < -0.39 is 0 Å². The van der Waals surface area contributed by atoms with Crippen LogP contribution in [0.3, 0.4) is 0 Å². The number of benzene rings is 1. The molecule has 2 rings (SSSR count). The first-order valence-electron chi connectivity index (χ1n) is 7.61. The molecule has 1 aliphatic heterocycles. The van der Waals surface area contributed by atoms with Gasteiger partial charge in [-0.05, 0) is 37.7 Å². The second kappa shape index (κ2) is 12.9. The van der Waals surface area contributed by atoms with E-state index in [-0.39, 0.29) is 30.7 Å². The van der Waals surface area contributed by atoms with E-state index in [2.05, 4.69) is 27.7 Å². The number of halogens is 2. The minimum Gasteiger partial charge on any atom is -0.326 e. The molecule has 0 atom stereocenters. The summed E-state index contributed by atoms with van der Waals surface area (Å²) in [5, 5.41) is 6.04. The summed E-state index contributed by atoms with van der Waals surface area (Å²) in [7, 11) is 1.90. The first kappa shape index (κ1) is 22.5. The molecule has 1 aliphatic rings. The molecular formula is C16H27Cl2N3OS. The summed E-state index contributed by atoms with van der Waals surface area (Å²) < 4.78 is 0. The average molecular weight is 380 g/mol. The summed E-state index contributed by atoms with van der Waals surface area (Å²) in [6.07, 6.45) is 1.43. The minimum atomic E-state index is 0. The quantitative estimate of drug-likeness (QED) is 0.714. The van der Waals surface area contributed by atoms with E-state index in [0.29, 0.717) is 6.42 Å². The number of rotatable bonds is 7. The maximum Gasteiger partial charge on any atom is 0.224 e. The lowest BCUT2D eigenvalue weighted by Gasteiger charge is -2.26. The summed E-state index contributed by atoms with van der Waals surface area (Å²) in [6, 6.07) is 8.22. The van der Waals surface area contributed by atoms with Gasteiger partial charge < -0.3 is 10.6 Å². The number of thioether (sulfide) groups is 1. The highest BCUT2D eigenvalue weighted by molar-refractivity contribution is 7.99. The van der Waals surface area contributed by atoms with Gasteiger partial charge in [0.2, 0.25) is 5.91 Å². The van der Waals surface area contributed by atoms with Crippen molar-refractivity contribution in [2.45, 2.75) is 19.4 Å². The molecule has 132 valence electrons. The van der Waals surface area contributed by atoms with Crippen molar-refractivity contribution in [1.29, 1.82) is 0 Å². The zero-order chi connectivity index (χ0) is 14.9. The Morgan fingerprint density at radius 3 is 2.70 bits per heavy atom. The predicted octanol–water partition coefficient (Wildman–Crippen LogP) is 3.02. The summed E-state index contributed by atoms with van der Waals surface area (Å²) >= 11 is 2.03. The first-order chi connectivity index (χ1) is 10.3. The molecule has 0 aliphatic carbocycles. The molecule has 1 aromatic carbocycles. The highest BCUT2D eigenvalue weighted by Crippen LogP contribution is 2.16. The smallest absolute Gasteiger partial charge is 0.224 e. The van der Waals surface area contributed by atoms with Crippen LogP contribution in [0, 0.1) is 0 Å². The number of nitrogens with one attached hydrogen (secondary N) is 2. The molecule has 2 N–H and O–H groups in total. The molecule has 1 saturated heterocycles. The molecule has 0 unspecified atom stereocenters. The average Bonchev–Trinajstić information content (AvgIpc) is 2.49. The topological polar surface area (TPSA) is 44.4 Å². The van der Waals surface area contributed by atoms with Crippen LogP contribution in [0.4, 0.5) is 5.69 Å². The maximum atomic E-state index is 11.8. The van der Waals surface area contributed by atoms with Crippen molar-refractivity contribution >= 4 is 48.2 Å². The van der Waals surface area contributed by atoms with Crippen molar-refractivity contribution in [2.75, 3.05) is 43.5 Å². The van der Waals surface area contributed by atoms with Crippen molar-refractivity contribution in [3.8, 4) is 0 Å². The lowest BCUT2D eigenvalue weighted by atomic mass is 10.1. The van der Waals surface area contributed by atoms with Crippen molar-refractivity contribution < 1.29 is 4.79 Å². The van der Waals surface area contributed by atoms with Crippen molar-refractivity contribution in [3.63, 3.8) is 0 Å². The van der Waals surface area contributed by atoms with Crippen LogP contribution in [0.5, 0.6) is 0 Å². The van der Waals surface area contributed by atoms with Crippen LogP contribution in [0.2, 0.25) is 0 Å². The summed E-state index contributed by atoms with van der Waals surface area (Å²) in [6.45, 7) is 4.17. The number of anilines is 1. The van der Waals surface area contributed by atoms with Gasteiger partial charge in [0.15, 0.2) is 0 Å². The Labute approximate surface area is 156 Å². The first-order valence-corrected chi connectivity index (χ1v) is 8.77. The van der Waals surface area contributed by atoms with Crippen LogP contribution in [0.15, 0.2) is 24.3 Å². The van der Waals surface area contributed by atoms with Gasteiger partial charge in [0.1, 0.15) is 0 Å². The number of carbonyl (C=O) groups is 1. The highest BCUT2D eigenvalue weighted by atomic mass is 35.5. The summed E-state index contributed by atoms with van der Waals surface area (Å²) in [5.41, 5.74) is 2.18. The Bertz CT molecular complexity index is 457. The van der Waals surface area contributed by atoms with Crippen LogP contribution in [-0.2, 0) is 11.3 Å². The van der Waals surface area contributed by atoms with Gasteiger partial charge >= 0.3 is 0 Å². The van der Waals surface area contributed by atoms with E-state index in [0.717, 1.165) is 38.3 Å². The molecule has 4 nitrogen and oxygen atoms in total. The third-order valence-electron chi connectivity index (χ3n) is 3.55. The number of amides is 1. The largest absolute Gasteiger partial charge is 0.326 e. The Morgan fingerprint density at radius 1 is 1.26 bits per heavy atom. The zero-order valence-corrected chi connectivity index (χ0v) is 16.0. The van der Waals surface area contributed by atoms with Crippen LogP contribution in [0.1, 0.15) is 18.4 Å². The van der Waals surface area contributed by atoms with E-state index in [1.165, 1.54) is 17.1 Å². The Balaban J connectivity index is 0.00000242. The van der Waals surface area contributed by atoms with Gasteiger partial charge in [0, 0.05) is 43.2 Å². The van der Waals surface area contributed by atoms with Crippen molar-refractivity contribution in [2.24, 2.45) is 0 Å². The van der Waals surface area contributed by atoms with Gasteiger partial charge in [-0.25, -0.2) is 0 Å². The number of hydrogen-bond acceptors (Lipinski definition) is 4. The Hall–Kier alpha value is -0.460. The highest BCUT2D eigenvalue weighted by Gasteiger charge is 2.11. The van der Waals surface area contributed by atoms with Gasteiger partial charge in [0.05, 0.1) is 0 Å². The molecule has 0 saturated carbocycles. The monoisotopic (exact) mass is 379 g/mol. The standard InChI is InChI=1S/C16H25N3OS.2ClH/c1-17-7-3-6-16(20)18-15-5-2-4-14(12-15)13-19-8-10-21-11-9-19;;/h2,4-5,12,17H,3,6-11,13H2,1H3,(H,18,20);2*1H. The van der Waals surface area contributed by atoms with E-state index >= 15 is 0 Å². The van der Waals surface area contributed by atoms with Crippen LogP contribution >= 0.6 is 36.6 Å². The van der Waals surface area contributed by atoms with E-state index in [4.69, 9.17) is 0 Å². The number of nitrogens with zero attached hydrogens (tertiary/aromatic N) is 1. The van der Waals surface area contributed by atoms with Gasteiger partial charge in [-0.2, -0.15) is 11.8 Å². The Morgan fingerprint density at radius 2 is 2.00 bits per heavy atom. The van der Waals surface area contributed by atoms with Gasteiger partial charge in [-0.3, -0.25) is 9.69 Å². The minimum absolute atomic E-state index is 0. The molecule has 0 spiro atoms. The van der Waals surface area contributed by atoms with Crippen LogP contribution in [0.25, 0.3) is 0 Å². The molecule has 1 amide bonds.